The summed E-state index contributed by atoms with van der Waals surface area (Å²) < 4.78 is 58.9. The van der Waals surface area contributed by atoms with Gasteiger partial charge in [-0.25, -0.2) is 13.1 Å². The minimum absolute atomic E-state index is 0.312. The number of nitrogens with one attached hydrogen (secondary N) is 1. The molecule has 1 saturated carbocycles. The molecule has 1 unspecified atom stereocenters. The molecule has 1 aliphatic carbocycles. The molecule has 5 nitrogen and oxygen atoms in total. The van der Waals surface area contributed by atoms with Gasteiger partial charge in [0.15, 0.2) is 0 Å². The lowest BCUT2D eigenvalue weighted by Gasteiger charge is -2.17. The molecule has 1 fully saturated rings. The third kappa shape index (κ3) is 3.34. The Morgan fingerprint density at radius 3 is 2.25 bits per heavy atom. The van der Waals surface area contributed by atoms with Crippen molar-refractivity contribution in [3.05, 3.63) is 0 Å². The Morgan fingerprint density at radius 2 is 1.94 bits per heavy atom. The molecule has 0 radical (unpaired) electrons. The Morgan fingerprint density at radius 1 is 1.44 bits per heavy atom. The molecule has 0 amide bonds. The number of halogens is 3. The normalized spacial score (nSPS) is 19.4. The largest absolute Gasteiger partial charge is 0.511 e. The molecule has 2 N–H and O–H groups in total. The van der Waals surface area contributed by atoms with Gasteiger partial charge in [0.25, 0.3) is 0 Å². The van der Waals surface area contributed by atoms with E-state index in [0.29, 0.717) is 12.8 Å². The molecule has 1 aliphatic rings. The van der Waals surface area contributed by atoms with E-state index in [1.54, 1.807) is 0 Å². The number of carbonyl (C=O) groups is 1. The summed E-state index contributed by atoms with van der Waals surface area (Å²) in [5.74, 6) is -1.64. The van der Waals surface area contributed by atoms with Crippen LogP contribution in [0, 0.1) is 5.92 Å². The van der Waals surface area contributed by atoms with Gasteiger partial charge in [-0.05, 0) is 18.8 Å². The van der Waals surface area contributed by atoms with Gasteiger partial charge in [-0.2, -0.15) is 13.2 Å². The Labute approximate surface area is 89.7 Å². The highest BCUT2D eigenvalue weighted by Crippen LogP contribution is 2.35. The van der Waals surface area contributed by atoms with E-state index in [9.17, 15) is 26.4 Å². The molecule has 9 heteroatoms. The highest BCUT2D eigenvalue weighted by molar-refractivity contribution is 7.90. The molecule has 0 bridgehead atoms. The van der Waals surface area contributed by atoms with E-state index in [-0.39, 0.29) is 5.92 Å². The van der Waals surface area contributed by atoms with Crippen molar-refractivity contribution >= 4 is 16.0 Å². The maximum absolute atomic E-state index is 12.0. The molecule has 1 atom stereocenters. The average Bonchev–Trinajstić information content (AvgIpc) is 2.80. The molecule has 1 rings (SSSR count). The highest BCUT2D eigenvalue weighted by Gasteiger charge is 2.48. The van der Waals surface area contributed by atoms with E-state index in [4.69, 9.17) is 5.11 Å². The van der Waals surface area contributed by atoms with E-state index < -0.39 is 34.0 Å². The first-order valence-electron chi connectivity index (χ1n) is 4.44. The molecule has 94 valence electrons. The molecular weight excluding hydrogens is 251 g/mol. The molecule has 16 heavy (non-hydrogen) atoms. The monoisotopic (exact) mass is 261 g/mol. The molecule has 0 aromatic heterocycles. The van der Waals surface area contributed by atoms with Crippen molar-refractivity contribution in [2.75, 3.05) is 0 Å². The number of rotatable bonds is 5. The van der Waals surface area contributed by atoms with Gasteiger partial charge in [-0.1, -0.05) is 0 Å². The lowest BCUT2D eigenvalue weighted by molar-refractivity contribution is -0.137. The van der Waals surface area contributed by atoms with Gasteiger partial charge in [-0.15, -0.1) is 0 Å². The quantitative estimate of drug-likeness (QED) is 0.762. The van der Waals surface area contributed by atoms with E-state index in [1.807, 2.05) is 0 Å². The molecule has 0 aromatic carbocycles. The topological polar surface area (TPSA) is 83.5 Å². The zero-order valence-corrected chi connectivity index (χ0v) is 8.81. The molecule has 0 saturated heterocycles. The maximum atomic E-state index is 12.0. The first kappa shape index (κ1) is 13.2. The van der Waals surface area contributed by atoms with Crippen LogP contribution < -0.4 is 4.72 Å². The summed E-state index contributed by atoms with van der Waals surface area (Å²) in [4.78, 5) is 10.4. The minimum atomic E-state index is -5.46. The van der Waals surface area contributed by atoms with Crippen LogP contribution in [0.1, 0.15) is 19.3 Å². The standard InChI is InChI=1S/C7H10F3NO4S/c8-7(9,10)16(14,15)11-5(3-6(12)13)4-1-2-4/h4-5,11H,1-3H2,(H,12,13). The molecular formula is C7H10F3NO4S. The predicted molar refractivity (Wildman–Crippen MR) is 46.9 cm³/mol. The summed E-state index contributed by atoms with van der Waals surface area (Å²) >= 11 is 0. The van der Waals surface area contributed by atoms with Crippen molar-refractivity contribution in [3.8, 4) is 0 Å². The van der Waals surface area contributed by atoms with Gasteiger partial charge in [0.1, 0.15) is 0 Å². The molecule has 0 spiro atoms. The summed E-state index contributed by atoms with van der Waals surface area (Å²) in [6, 6.07) is -1.18. The van der Waals surface area contributed by atoms with Crippen molar-refractivity contribution in [1.82, 2.24) is 4.72 Å². The minimum Gasteiger partial charge on any atom is -0.481 e. The van der Waals surface area contributed by atoms with Crippen LogP contribution in [0.2, 0.25) is 0 Å². The second-order valence-electron chi connectivity index (χ2n) is 3.61. The van der Waals surface area contributed by atoms with Gasteiger partial charge >= 0.3 is 21.5 Å². The zero-order chi connectivity index (χ0) is 12.6. The first-order valence-corrected chi connectivity index (χ1v) is 5.92. The SMILES string of the molecule is O=C(O)CC(NS(=O)(=O)C(F)(F)F)C1CC1. The number of alkyl halides is 3. The smallest absolute Gasteiger partial charge is 0.481 e. The number of carboxylic acid groups (broad SMARTS) is 1. The zero-order valence-electron chi connectivity index (χ0n) is 7.99. The molecule has 0 aliphatic heterocycles. The van der Waals surface area contributed by atoms with E-state index in [1.165, 1.54) is 4.72 Å². The van der Waals surface area contributed by atoms with Crippen LogP contribution in [0.5, 0.6) is 0 Å². The third-order valence-electron chi connectivity index (χ3n) is 2.20. The van der Waals surface area contributed by atoms with E-state index >= 15 is 0 Å². The number of sulfonamides is 1. The predicted octanol–water partition coefficient (Wildman–Crippen LogP) is 0.679. The summed E-state index contributed by atoms with van der Waals surface area (Å²) in [5.41, 5.74) is -5.40. The van der Waals surface area contributed by atoms with Gasteiger partial charge in [0, 0.05) is 6.04 Å². The van der Waals surface area contributed by atoms with Crippen LogP contribution in [-0.2, 0) is 14.8 Å². The van der Waals surface area contributed by atoms with E-state index in [0.717, 1.165) is 0 Å². The van der Waals surface area contributed by atoms with Crippen molar-refractivity contribution in [2.24, 2.45) is 5.92 Å². The number of hydrogen-bond acceptors (Lipinski definition) is 3. The fourth-order valence-electron chi connectivity index (χ4n) is 1.26. The van der Waals surface area contributed by atoms with Gasteiger partial charge in [0.2, 0.25) is 0 Å². The fourth-order valence-corrected chi connectivity index (χ4v) is 2.07. The van der Waals surface area contributed by atoms with Gasteiger partial charge in [0.05, 0.1) is 6.42 Å². The van der Waals surface area contributed by atoms with Crippen molar-refractivity contribution < 1.29 is 31.5 Å². The lowest BCUT2D eigenvalue weighted by atomic mass is 10.1. The van der Waals surface area contributed by atoms with Crippen LogP contribution >= 0.6 is 0 Å². The Balaban J connectivity index is 2.72. The van der Waals surface area contributed by atoms with Crippen molar-refractivity contribution in [2.45, 2.75) is 30.8 Å². The summed E-state index contributed by atoms with van der Waals surface area (Å²) in [6.45, 7) is 0. The number of carboxylic acids is 1. The van der Waals surface area contributed by atoms with Gasteiger partial charge < -0.3 is 5.11 Å². The van der Waals surface area contributed by atoms with E-state index in [2.05, 4.69) is 0 Å². The lowest BCUT2D eigenvalue weighted by Crippen LogP contribution is -2.44. The second-order valence-corrected chi connectivity index (χ2v) is 5.31. The van der Waals surface area contributed by atoms with Gasteiger partial charge in [-0.3, -0.25) is 4.79 Å². The molecule has 0 heterocycles. The van der Waals surface area contributed by atoms with Crippen LogP contribution in [0.15, 0.2) is 0 Å². The van der Waals surface area contributed by atoms with Crippen LogP contribution in [0.4, 0.5) is 13.2 Å². The number of hydrogen-bond donors (Lipinski definition) is 2. The highest BCUT2D eigenvalue weighted by atomic mass is 32.2. The fraction of sp³-hybridized carbons (Fsp3) is 0.857. The van der Waals surface area contributed by atoms with Crippen molar-refractivity contribution in [1.29, 1.82) is 0 Å². The maximum Gasteiger partial charge on any atom is 0.511 e. The summed E-state index contributed by atoms with van der Waals surface area (Å²) in [7, 11) is -5.46. The first-order chi connectivity index (χ1) is 7.13. The number of aliphatic carboxylic acids is 1. The third-order valence-corrected chi connectivity index (χ3v) is 3.42. The Kier molecular flexibility index (Phi) is 3.48. The van der Waals surface area contributed by atoms with Crippen molar-refractivity contribution in [3.63, 3.8) is 0 Å². The summed E-state index contributed by atoms with van der Waals surface area (Å²) in [5, 5.41) is 8.44. The Hall–Kier alpha value is -0.830. The average molecular weight is 261 g/mol. The van der Waals surface area contributed by atoms with Crippen LogP contribution in [0.25, 0.3) is 0 Å². The second kappa shape index (κ2) is 4.21. The van der Waals surface area contributed by atoms with Crippen LogP contribution in [0.3, 0.4) is 0 Å². The summed E-state index contributed by atoms with van der Waals surface area (Å²) in [6.07, 6.45) is 0.441. The van der Waals surface area contributed by atoms with Crippen LogP contribution in [-0.4, -0.2) is 31.0 Å². The molecule has 0 aromatic rings. The Bertz CT molecular complexity index is 374.